The van der Waals surface area contributed by atoms with Gasteiger partial charge in [-0.2, -0.15) is 11.8 Å². The zero-order valence-corrected chi connectivity index (χ0v) is 20.2. The topological polar surface area (TPSA) is 66.5 Å². The van der Waals surface area contributed by atoms with Crippen molar-refractivity contribution in [3.05, 3.63) is 63.6 Å². The Labute approximate surface area is 193 Å². The number of amides is 1. The van der Waals surface area contributed by atoms with E-state index in [1.165, 1.54) is 10.6 Å². The van der Waals surface area contributed by atoms with Crippen LogP contribution in [0.1, 0.15) is 24.0 Å². The fourth-order valence-electron chi connectivity index (χ4n) is 2.82. The second-order valence-corrected chi connectivity index (χ2v) is 10.8. The number of carbonyl (C=O) groups is 1. The summed E-state index contributed by atoms with van der Waals surface area (Å²) in [5.74, 6) is 1.47. The minimum absolute atomic E-state index is 0.0807. The molecule has 0 spiro atoms. The van der Waals surface area contributed by atoms with Gasteiger partial charge in [0.1, 0.15) is 0 Å². The normalized spacial score (nSPS) is 11.3. The first-order valence-electron chi connectivity index (χ1n) is 9.49. The van der Waals surface area contributed by atoms with Crippen LogP contribution in [0.4, 0.5) is 5.69 Å². The van der Waals surface area contributed by atoms with E-state index >= 15 is 0 Å². The molecule has 0 aliphatic rings. The fourth-order valence-corrected chi connectivity index (χ4v) is 4.91. The molecule has 30 heavy (non-hydrogen) atoms. The van der Waals surface area contributed by atoms with E-state index in [2.05, 4.69) is 5.32 Å². The van der Waals surface area contributed by atoms with Gasteiger partial charge in [0.05, 0.1) is 22.0 Å². The molecule has 5 nitrogen and oxygen atoms in total. The van der Waals surface area contributed by atoms with Crippen molar-refractivity contribution >= 4 is 56.6 Å². The molecular formula is C21H26Cl2N2O3S2. The highest BCUT2D eigenvalue weighted by atomic mass is 35.5. The number of anilines is 1. The first-order valence-corrected chi connectivity index (χ1v) is 13.3. The second kappa shape index (κ2) is 11.8. The molecule has 0 aromatic heterocycles. The van der Waals surface area contributed by atoms with Gasteiger partial charge in [-0.1, -0.05) is 41.4 Å². The van der Waals surface area contributed by atoms with Crippen LogP contribution in [-0.2, 0) is 20.6 Å². The number of halogens is 2. The lowest BCUT2D eigenvalue weighted by Crippen LogP contribution is -2.32. The lowest BCUT2D eigenvalue weighted by atomic mass is 10.2. The minimum Gasteiger partial charge on any atom is -0.355 e. The number of benzene rings is 2. The third-order valence-corrected chi connectivity index (χ3v) is 7.24. The highest BCUT2D eigenvalue weighted by molar-refractivity contribution is 7.98. The number of thioether (sulfide) groups is 1. The van der Waals surface area contributed by atoms with Crippen LogP contribution in [0.3, 0.4) is 0 Å². The molecule has 0 heterocycles. The second-order valence-electron chi connectivity index (χ2n) is 6.93. The van der Waals surface area contributed by atoms with Crippen LogP contribution in [0, 0.1) is 6.92 Å². The smallest absolute Gasteiger partial charge is 0.232 e. The van der Waals surface area contributed by atoms with E-state index in [1.54, 1.807) is 23.9 Å². The number of hydrogen-bond acceptors (Lipinski definition) is 4. The Hall–Kier alpha value is -1.41. The summed E-state index contributed by atoms with van der Waals surface area (Å²) in [5.41, 5.74) is 2.69. The molecule has 0 fully saturated rings. The van der Waals surface area contributed by atoms with Crippen LogP contribution in [0.2, 0.25) is 10.0 Å². The van der Waals surface area contributed by atoms with Crippen LogP contribution in [-0.4, -0.2) is 39.4 Å². The summed E-state index contributed by atoms with van der Waals surface area (Å²) in [6, 6.07) is 12.9. The Morgan fingerprint density at radius 1 is 1.13 bits per heavy atom. The minimum atomic E-state index is -3.41. The highest BCUT2D eigenvalue weighted by Gasteiger charge is 2.17. The van der Waals surface area contributed by atoms with Gasteiger partial charge in [-0.3, -0.25) is 9.10 Å². The highest BCUT2D eigenvalue weighted by Crippen LogP contribution is 2.24. The maximum atomic E-state index is 12.1. The van der Waals surface area contributed by atoms with Gasteiger partial charge in [-0.25, -0.2) is 8.42 Å². The molecule has 0 aliphatic carbocycles. The van der Waals surface area contributed by atoms with Gasteiger partial charge in [-0.15, -0.1) is 0 Å². The lowest BCUT2D eigenvalue weighted by Gasteiger charge is -2.22. The summed E-state index contributed by atoms with van der Waals surface area (Å²) < 4.78 is 25.6. The van der Waals surface area contributed by atoms with Gasteiger partial charge in [0.2, 0.25) is 15.9 Å². The van der Waals surface area contributed by atoms with Crippen LogP contribution >= 0.6 is 35.0 Å². The van der Waals surface area contributed by atoms with Crippen LogP contribution in [0.5, 0.6) is 0 Å². The summed E-state index contributed by atoms with van der Waals surface area (Å²) in [6.07, 6.45) is 1.90. The molecule has 0 radical (unpaired) electrons. The third-order valence-electron chi connectivity index (χ3n) is 4.28. The predicted molar refractivity (Wildman–Crippen MR) is 128 cm³/mol. The molecule has 2 aromatic carbocycles. The van der Waals surface area contributed by atoms with Gasteiger partial charge >= 0.3 is 0 Å². The molecule has 164 valence electrons. The maximum absolute atomic E-state index is 12.1. The monoisotopic (exact) mass is 488 g/mol. The summed E-state index contributed by atoms with van der Waals surface area (Å²) in [4.78, 5) is 12.1. The molecule has 1 amide bonds. The molecule has 2 rings (SSSR count). The van der Waals surface area contributed by atoms with E-state index in [1.807, 2.05) is 37.3 Å². The Balaban J connectivity index is 1.70. The number of sulfonamides is 1. The van der Waals surface area contributed by atoms with Crippen molar-refractivity contribution in [1.29, 1.82) is 0 Å². The first kappa shape index (κ1) is 24.9. The van der Waals surface area contributed by atoms with Crippen molar-refractivity contribution < 1.29 is 13.2 Å². The molecule has 0 saturated carbocycles. The summed E-state index contributed by atoms with van der Waals surface area (Å²) in [6.45, 7) is 2.73. The van der Waals surface area contributed by atoms with Crippen molar-refractivity contribution in [2.45, 2.75) is 25.5 Å². The quantitative estimate of drug-likeness (QED) is 0.456. The zero-order chi connectivity index (χ0) is 22.1. The summed E-state index contributed by atoms with van der Waals surface area (Å²) in [5, 5.41) is 3.95. The molecule has 0 unspecified atom stereocenters. The number of nitrogens with one attached hydrogen (secondary N) is 1. The van der Waals surface area contributed by atoms with E-state index in [9.17, 15) is 13.2 Å². The number of aryl methyl sites for hydroxylation is 1. The first-order chi connectivity index (χ1) is 14.2. The SMILES string of the molecule is Cc1cccc(N(CCCC(=O)NCCSCc2ccc(Cl)c(Cl)c2)S(C)(=O)=O)c1. The van der Waals surface area contributed by atoms with Crippen LogP contribution in [0.15, 0.2) is 42.5 Å². The van der Waals surface area contributed by atoms with E-state index in [4.69, 9.17) is 23.2 Å². The molecule has 0 aliphatic heterocycles. The number of carbonyl (C=O) groups excluding carboxylic acids is 1. The maximum Gasteiger partial charge on any atom is 0.232 e. The third kappa shape index (κ3) is 8.38. The molecule has 9 heteroatoms. The van der Waals surface area contributed by atoms with Crippen molar-refractivity contribution in [2.75, 3.05) is 29.4 Å². The molecule has 0 bridgehead atoms. The Bertz CT molecular complexity index is 968. The average Bonchev–Trinajstić information content (AvgIpc) is 2.66. The molecule has 1 N–H and O–H groups in total. The number of rotatable bonds is 11. The lowest BCUT2D eigenvalue weighted by molar-refractivity contribution is -0.121. The van der Waals surface area contributed by atoms with E-state index in [0.29, 0.717) is 28.7 Å². The van der Waals surface area contributed by atoms with Crippen molar-refractivity contribution in [3.8, 4) is 0 Å². The van der Waals surface area contributed by atoms with Crippen molar-refractivity contribution in [2.24, 2.45) is 0 Å². The van der Waals surface area contributed by atoms with Gasteiger partial charge in [0.15, 0.2) is 0 Å². The Morgan fingerprint density at radius 2 is 1.90 bits per heavy atom. The standard InChI is InChI=1S/C21H26Cl2N2O3S2/c1-16-5-3-6-18(13-16)25(30(2,27)28)11-4-7-21(26)24-10-12-29-15-17-8-9-19(22)20(23)14-17/h3,5-6,8-9,13-14H,4,7,10-12,15H2,1-2H3,(H,24,26). The largest absolute Gasteiger partial charge is 0.355 e. The van der Waals surface area contributed by atoms with E-state index in [-0.39, 0.29) is 18.9 Å². The van der Waals surface area contributed by atoms with Gasteiger partial charge in [0, 0.05) is 31.0 Å². The summed E-state index contributed by atoms with van der Waals surface area (Å²) >= 11 is 13.6. The van der Waals surface area contributed by atoms with Gasteiger partial charge in [0.25, 0.3) is 0 Å². The predicted octanol–water partition coefficient (Wildman–Crippen LogP) is 4.90. The van der Waals surface area contributed by atoms with Crippen LogP contribution < -0.4 is 9.62 Å². The van der Waals surface area contributed by atoms with Crippen molar-refractivity contribution in [1.82, 2.24) is 5.32 Å². The van der Waals surface area contributed by atoms with Gasteiger partial charge < -0.3 is 5.32 Å². The van der Waals surface area contributed by atoms with E-state index in [0.717, 1.165) is 22.6 Å². The molecular weight excluding hydrogens is 463 g/mol. The Morgan fingerprint density at radius 3 is 2.57 bits per heavy atom. The van der Waals surface area contributed by atoms with Gasteiger partial charge in [-0.05, 0) is 48.7 Å². The van der Waals surface area contributed by atoms with Crippen molar-refractivity contribution in [3.63, 3.8) is 0 Å². The fraction of sp³-hybridized carbons (Fsp3) is 0.381. The number of nitrogens with zero attached hydrogens (tertiary/aromatic N) is 1. The molecule has 2 aromatic rings. The molecule has 0 atom stereocenters. The molecule has 0 saturated heterocycles. The summed E-state index contributed by atoms with van der Waals surface area (Å²) in [7, 11) is -3.41. The Kier molecular flexibility index (Phi) is 9.81. The zero-order valence-electron chi connectivity index (χ0n) is 17.0. The van der Waals surface area contributed by atoms with E-state index < -0.39 is 10.0 Å². The number of hydrogen-bond donors (Lipinski definition) is 1. The average molecular weight is 489 g/mol. The van der Waals surface area contributed by atoms with Crippen LogP contribution in [0.25, 0.3) is 0 Å².